The molecule has 0 fully saturated rings. The molecule has 4 nitrogen and oxygen atoms in total. The minimum atomic E-state index is -3.78. The van der Waals surface area contributed by atoms with Gasteiger partial charge in [0.25, 0.3) is 0 Å². The van der Waals surface area contributed by atoms with Crippen molar-refractivity contribution in [3.05, 3.63) is 23.0 Å². The summed E-state index contributed by atoms with van der Waals surface area (Å²) in [6.07, 6.45) is 1.55. The summed E-state index contributed by atoms with van der Waals surface area (Å²) in [5, 5.41) is -0.183. The van der Waals surface area contributed by atoms with E-state index in [1.54, 1.807) is 6.92 Å². The molecule has 0 aliphatic heterocycles. The summed E-state index contributed by atoms with van der Waals surface area (Å²) in [6.45, 7) is 3.70. The molecule has 0 aromatic heterocycles. The van der Waals surface area contributed by atoms with Crippen molar-refractivity contribution in [1.82, 2.24) is 4.72 Å². The average Bonchev–Trinajstić information content (AvgIpc) is 2.22. The van der Waals surface area contributed by atoms with Crippen molar-refractivity contribution in [3.8, 4) is 0 Å². The van der Waals surface area contributed by atoms with Crippen molar-refractivity contribution in [2.24, 2.45) is 0 Å². The fraction of sp³-hybridized carbons (Fsp3) is 0.455. The Balaban J connectivity index is 3.09. The van der Waals surface area contributed by atoms with Crippen LogP contribution in [0.2, 0.25) is 5.02 Å². The van der Waals surface area contributed by atoms with Crippen molar-refractivity contribution in [1.29, 1.82) is 0 Å². The Labute approximate surface area is 111 Å². The number of nitrogens with one attached hydrogen (secondary N) is 1. The number of anilines is 1. The van der Waals surface area contributed by atoms with Crippen LogP contribution in [0.3, 0.4) is 0 Å². The first-order valence-electron chi connectivity index (χ1n) is 5.54. The summed E-state index contributed by atoms with van der Waals surface area (Å²) in [4.78, 5) is -0.203. The Kier molecular flexibility index (Phi) is 4.95. The van der Waals surface area contributed by atoms with E-state index >= 15 is 0 Å². The lowest BCUT2D eigenvalue weighted by atomic mass is 10.2. The molecule has 18 heavy (non-hydrogen) atoms. The first-order chi connectivity index (χ1) is 8.27. The lowest BCUT2D eigenvalue weighted by molar-refractivity contribution is 0.543. The molecule has 102 valence electrons. The molecule has 1 rings (SSSR count). The molecule has 1 unspecified atom stereocenters. The first kappa shape index (κ1) is 15.2. The van der Waals surface area contributed by atoms with Crippen molar-refractivity contribution < 1.29 is 12.8 Å². The van der Waals surface area contributed by atoms with Crippen LogP contribution in [0.25, 0.3) is 0 Å². The summed E-state index contributed by atoms with van der Waals surface area (Å²) in [6, 6.07) is 1.71. The molecule has 0 saturated carbocycles. The Hall–Kier alpha value is -0.850. The molecule has 0 bridgehead atoms. The number of benzene rings is 1. The van der Waals surface area contributed by atoms with E-state index < -0.39 is 15.8 Å². The maximum Gasteiger partial charge on any atom is 0.242 e. The molecule has 7 heteroatoms. The number of nitrogen functional groups attached to an aromatic ring is 1. The van der Waals surface area contributed by atoms with Crippen LogP contribution >= 0.6 is 11.6 Å². The first-order valence-corrected chi connectivity index (χ1v) is 7.41. The van der Waals surface area contributed by atoms with Gasteiger partial charge in [-0.15, -0.1) is 0 Å². The van der Waals surface area contributed by atoms with Gasteiger partial charge in [0.1, 0.15) is 10.7 Å². The van der Waals surface area contributed by atoms with Crippen LogP contribution in [0.4, 0.5) is 10.1 Å². The number of rotatable bonds is 5. The highest BCUT2D eigenvalue weighted by Crippen LogP contribution is 2.26. The van der Waals surface area contributed by atoms with Crippen LogP contribution in [0.5, 0.6) is 0 Å². The second-order valence-electron chi connectivity index (χ2n) is 4.12. The molecular formula is C11H16ClFN2O2S. The Morgan fingerprint density at radius 1 is 1.50 bits per heavy atom. The summed E-state index contributed by atoms with van der Waals surface area (Å²) >= 11 is 5.73. The Morgan fingerprint density at radius 2 is 2.11 bits per heavy atom. The molecule has 0 aliphatic rings. The lowest BCUT2D eigenvalue weighted by Gasteiger charge is -2.14. The van der Waals surface area contributed by atoms with E-state index in [1.807, 2.05) is 6.92 Å². The second kappa shape index (κ2) is 5.86. The summed E-state index contributed by atoms with van der Waals surface area (Å²) in [5.41, 5.74) is 5.10. The van der Waals surface area contributed by atoms with Crippen LogP contribution in [0.15, 0.2) is 17.0 Å². The summed E-state index contributed by atoms with van der Waals surface area (Å²) < 4.78 is 39.6. The molecule has 0 aliphatic carbocycles. The fourth-order valence-electron chi connectivity index (χ4n) is 1.57. The third kappa shape index (κ3) is 3.57. The molecule has 0 saturated heterocycles. The highest BCUT2D eigenvalue weighted by atomic mass is 35.5. The quantitative estimate of drug-likeness (QED) is 0.820. The monoisotopic (exact) mass is 294 g/mol. The van der Waals surface area contributed by atoms with Gasteiger partial charge in [-0.3, -0.25) is 0 Å². The van der Waals surface area contributed by atoms with E-state index in [-0.39, 0.29) is 21.6 Å². The summed E-state index contributed by atoms with van der Waals surface area (Å²) in [5.74, 6) is -0.736. The topological polar surface area (TPSA) is 72.2 Å². The minimum absolute atomic E-state index is 0.183. The van der Waals surface area contributed by atoms with E-state index in [0.717, 1.165) is 18.6 Å². The van der Waals surface area contributed by atoms with Gasteiger partial charge >= 0.3 is 0 Å². The highest BCUT2D eigenvalue weighted by molar-refractivity contribution is 7.89. The van der Waals surface area contributed by atoms with Gasteiger partial charge in [-0.25, -0.2) is 17.5 Å². The molecule has 1 aromatic carbocycles. The second-order valence-corrected chi connectivity index (χ2v) is 6.20. The smallest absolute Gasteiger partial charge is 0.242 e. The maximum atomic E-state index is 13.1. The lowest BCUT2D eigenvalue weighted by Crippen LogP contribution is -2.32. The van der Waals surface area contributed by atoms with E-state index in [9.17, 15) is 12.8 Å². The van der Waals surface area contributed by atoms with Crippen LogP contribution in [-0.2, 0) is 10.0 Å². The zero-order valence-electron chi connectivity index (χ0n) is 10.2. The molecule has 3 N–H and O–H groups in total. The largest absolute Gasteiger partial charge is 0.396 e. The van der Waals surface area contributed by atoms with Crippen LogP contribution in [0, 0.1) is 5.82 Å². The Morgan fingerprint density at radius 3 is 2.67 bits per heavy atom. The van der Waals surface area contributed by atoms with Gasteiger partial charge < -0.3 is 5.73 Å². The Bertz CT molecular complexity index is 534. The van der Waals surface area contributed by atoms with E-state index in [0.29, 0.717) is 6.42 Å². The predicted molar refractivity (Wildman–Crippen MR) is 70.5 cm³/mol. The zero-order valence-corrected chi connectivity index (χ0v) is 11.8. The number of halogens is 2. The molecule has 0 amide bonds. The summed E-state index contributed by atoms with van der Waals surface area (Å²) in [7, 11) is -3.78. The van der Waals surface area contributed by atoms with E-state index in [2.05, 4.69) is 4.72 Å². The van der Waals surface area contributed by atoms with Gasteiger partial charge in [-0.2, -0.15) is 0 Å². The standard InChI is InChI=1S/C11H16ClFN2O2S/c1-3-4-7(2)15-18(16,17)11-6-10(14)9(13)5-8(11)12/h5-7,15H,3-4,14H2,1-2H3. The number of nitrogens with two attached hydrogens (primary N) is 1. The van der Waals surface area contributed by atoms with E-state index in [1.165, 1.54) is 0 Å². The van der Waals surface area contributed by atoms with Crippen molar-refractivity contribution >= 4 is 27.3 Å². The molecule has 0 spiro atoms. The van der Waals surface area contributed by atoms with Gasteiger partial charge in [-0.05, 0) is 25.5 Å². The molecule has 0 radical (unpaired) electrons. The molecule has 1 atom stereocenters. The maximum absolute atomic E-state index is 13.1. The fourth-order valence-corrected chi connectivity index (χ4v) is 3.40. The van der Waals surface area contributed by atoms with Crippen molar-refractivity contribution in [2.45, 2.75) is 37.6 Å². The predicted octanol–water partition coefficient (Wildman–Crippen LogP) is 2.53. The van der Waals surface area contributed by atoms with Gasteiger partial charge in [-0.1, -0.05) is 24.9 Å². The van der Waals surface area contributed by atoms with Crippen LogP contribution < -0.4 is 10.5 Å². The third-order valence-corrected chi connectivity index (χ3v) is 4.47. The highest BCUT2D eigenvalue weighted by Gasteiger charge is 2.21. The molecule has 0 heterocycles. The van der Waals surface area contributed by atoms with Gasteiger partial charge in [0.05, 0.1) is 10.7 Å². The molecule has 1 aromatic rings. The van der Waals surface area contributed by atoms with Crippen molar-refractivity contribution in [2.75, 3.05) is 5.73 Å². The van der Waals surface area contributed by atoms with Gasteiger partial charge in [0, 0.05) is 6.04 Å². The van der Waals surface area contributed by atoms with Gasteiger partial charge in [0.15, 0.2) is 0 Å². The number of hydrogen-bond donors (Lipinski definition) is 2. The van der Waals surface area contributed by atoms with Crippen LogP contribution in [0.1, 0.15) is 26.7 Å². The number of hydrogen-bond acceptors (Lipinski definition) is 3. The normalized spacial score (nSPS) is 13.6. The van der Waals surface area contributed by atoms with Crippen LogP contribution in [-0.4, -0.2) is 14.5 Å². The zero-order chi connectivity index (χ0) is 13.9. The average molecular weight is 295 g/mol. The van der Waals surface area contributed by atoms with Crippen molar-refractivity contribution in [3.63, 3.8) is 0 Å². The molecular weight excluding hydrogens is 279 g/mol. The van der Waals surface area contributed by atoms with Gasteiger partial charge in [0.2, 0.25) is 10.0 Å². The minimum Gasteiger partial charge on any atom is -0.396 e. The third-order valence-electron chi connectivity index (χ3n) is 2.42. The SMILES string of the molecule is CCCC(C)NS(=O)(=O)c1cc(N)c(F)cc1Cl. The van der Waals surface area contributed by atoms with E-state index in [4.69, 9.17) is 17.3 Å². The number of sulfonamides is 1.